The smallest absolute Gasteiger partial charge is 0.0623 e. The highest BCUT2D eigenvalue weighted by atomic mass is 35.5. The summed E-state index contributed by atoms with van der Waals surface area (Å²) in [6, 6.07) is 0. The zero-order chi connectivity index (χ0) is 2.71. The summed E-state index contributed by atoms with van der Waals surface area (Å²) >= 11 is 3.80. The van der Waals surface area contributed by atoms with Crippen LogP contribution in [0.25, 0.3) is 0 Å². The molecule has 4 heavy (non-hydrogen) atoms. The minimum Gasteiger partial charge on any atom is -0.312 e. The molecule has 0 aliphatic rings. The van der Waals surface area contributed by atoms with Gasteiger partial charge in [-0.3, -0.25) is 0 Å². The van der Waals surface area contributed by atoms with E-state index in [0.717, 1.165) is 0 Å². The van der Waals surface area contributed by atoms with Gasteiger partial charge in [0, 0.05) is 0 Å². The zero-order valence-electron chi connectivity index (χ0n) is 1.84. The molecule has 0 fully saturated rings. The molecule has 2 nitrogen and oxygen atoms in total. The van der Waals surface area contributed by atoms with Gasteiger partial charge in [-0.05, 0) is 0 Å². The quantitative estimate of drug-likeness (QED) is 0.343. The van der Waals surface area contributed by atoms with Crippen molar-refractivity contribution in [2.45, 2.75) is 0 Å². The largest absolute Gasteiger partial charge is 0.312 e. The van der Waals surface area contributed by atoms with E-state index in [1.54, 1.807) is 0 Å². The van der Waals surface area contributed by atoms with Gasteiger partial charge in [0.2, 0.25) is 0 Å². The fourth-order valence-corrected chi connectivity index (χ4v) is 0. The molecule has 0 aliphatic heterocycles. The summed E-state index contributed by atoms with van der Waals surface area (Å²) in [4.78, 5) is 0. The Hall–Kier alpha value is 0.110. The minimum atomic E-state index is 0. The van der Waals surface area contributed by atoms with Crippen LogP contribution in [0.4, 0.5) is 0 Å². The summed E-state index contributed by atoms with van der Waals surface area (Å²) in [6.07, 6.45) is 0. The molecule has 0 radical (unpaired) electrons. The Morgan fingerprint density at radius 3 is 1.75 bits per heavy atom. The van der Waals surface area contributed by atoms with E-state index in [2.05, 4.69) is 22.7 Å². The Morgan fingerprint density at radius 1 is 1.75 bits per heavy atom. The van der Waals surface area contributed by atoms with E-state index >= 15 is 0 Å². The van der Waals surface area contributed by atoms with E-state index in [9.17, 15) is 0 Å². The second kappa shape index (κ2) is 11.2. The molecular formula is H3ClN2S. The molecule has 0 aromatic carbocycles. The highest BCUT2D eigenvalue weighted by Gasteiger charge is 1.09. The second-order valence-electron chi connectivity index (χ2n) is 0.105. The van der Waals surface area contributed by atoms with Gasteiger partial charge in [0.15, 0.2) is 0 Å². The van der Waals surface area contributed by atoms with Crippen molar-refractivity contribution in [2.75, 3.05) is 0 Å². The number of hydrogen-bond donors (Lipinski definition) is 1. The molecule has 0 spiro atoms. The number of hydrogen-bond acceptors (Lipinski definition) is 2. The van der Waals surface area contributed by atoms with Gasteiger partial charge in [-0.25, -0.2) is 0 Å². The molecule has 0 aliphatic carbocycles. The fourth-order valence-electron chi connectivity index (χ4n) is 0. The van der Waals surface area contributed by atoms with Crippen LogP contribution in [-0.2, 0) is 12.4 Å². The molecule has 0 unspecified atom stereocenters. The van der Waals surface area contributed by atoms with E-state index in [1.807, 2.05) is 0 Å². The van der Waals surface area contributed by atoms with Crippen LogP contribution in [0.2, 0.25) is 0 Å². The summed E-state index contributed by atoms with van der Waals surface area (Å²) in [6.45, 7) is 0. The van der Waals surface area contributed by atoms with Gasteiger partial charge in [-0.15, -0.1) is 16.9 Å². The van der Waals surface area contributed by atoms with Crippen molar-refractivity contribution < 1.29 is 0 Å². The van der Waals surface area contributed by atoms with Gasteiger partial charge in [0.25, 0.3) is 0 Å². The SMILES string of the molecule is Cl.NN=S. The van der Waals surface area contributed by atoms with Crippen molar-refractivity contribution in [3.05, 3.63) is 0 Å². The molecule has 0 aromatic rings. The van der Waals surface area contributed by atoms with Gasteiger partial charge >= 0.3 is 0 Å². The Morgan fingerprint density at radius 2 is 1.75 bits per heavy atom. The van der Waals surface area contributed by atoms with E-state index < -0.39 is 0 Å². The molecule has 26 valence electrons. The van der Waals surface area contributed by atoms with E-state index in [1.165, 1.54) is 0 Å². The Kier molecular flexibility index (Phi) is 25.1. The molecule has 4 heteroatoms. The minimum absolute atomic E-state index is 0. The normalized spacial score (nSPS) is 3.00. The molecule has 0 saturated heterocycles. The Labute approximate surface area is 35.9 Å². The van der Waals surface area contributed by atoms with Crippen molar-refractivity contribution in [1.29, 1.82) is 0 Å². The van der Waals surface area contributed by atoms with Crippen LogP contribution in [-0.4, -0.2) is 0 Å². The van der Waals surface area contributed by atoms with E-state index in [0.29, 0.717) is 0 Å². The maximum absolute atomic E-state index is 4.29. The molecule has 0 saturated carbocycles. The topological polar surface area (TPSA) is 38.4 Å². The first-order valence-corrected chi connectivity index (χ1v) is 0.806. The molecule has 0 bridgehead atoms. The summed E-state index contributed by atoms with van der Waals surface area (Å²) in [5.41, 5.74) is 0. The first-order chi connectivity index (χ1) is 1.41. The first-order valence-electron chi connectivity index (χ1n) is 0.441. The lowest BCUT2D eigenvalue weighted by Crippen LogP contribution is -1.66. The van der Waals surface area contributed by atoms with Gasteiger partial charge in [0.1, 0.15) is 0 Å². The van der Waals surface area contributed by atoms with Crippen LogP contribution in [0.1, 0.15) is 0 Å². The van der Waals surface area contributed by atoms with Gasteiger partial charge in [-0.1, -0.05) is 0 Å². The monoisotopic (exact) mass is 98.0 g/mol. The number of nitrogens with two attached hydrogens (primary N) is 1. The maximum Gasteiger partial charge on any atom is 0.0623 e. The third kappa shape index (κ3) is 215. The predicted molar refractivity (Wildman–Crippen MR) is 21.2 cm³/mol. The van der Waals surface area contributed by atoms with Crippen molar-refractivity contribution in [3.63, 3.8) is 0 Å². The van der Waals surface area contributed by atoms with Crippen LogP contribution in [0, 0.1) is 0 Å². The second-order valence-corrected chi connectivity index (χ2v) is 0.316. The van der Waals surface area contributed by atoms with E-state index in [-0.39, 0.29) is 12.4 Å². The lowest BCUT2D eigenvalue weighted by Gasteiger charge is -1.39. The third-order valence-electron chi connectivity index (χ3n) is 0. The van der Waals surface area contributed by atoms with Gasteiger partial charge in [-0.2, -0.15) is 0 Å². The van der Waals surface area contributed by atoms with Crippen molar-refractivity contribution in [1.82, 2.24) is 0 Å². The Bertz CT molecular complexity index is 13.5. The van der Waals surface area contributed by atoms with Crippen LogP contribution in [0.5, 0.6) is 0 Å². The van der Waals surface area contributed by atoms with Crippen LogP contribution in [0.15, 0.2) is 4.47 Å². The van der Waals surface area contributed by atoms with Crippen molar-refractivity contribution in [2.24, 2.45) is 10.3 Å². The third-order valence-corrected chi connectivity index (χ3v) is 0. The van der Waals surface area contributed by atoms with Crippen LogP contribution >= 0.6 is 12.4 Å². The average Bonchev–Trinajstić information content (AvgIpc) is 0.918. The first kappa shape index (κ1) is 8.93. The molecule has 0 amide bonds. The molecule has 2 N–H and O–H groups in total. The highest BCUT2D eigenvalue weighted by Crippen LogP contribution is 1.11. The predicted octanol–water partition coefficient (Wildman–Crippen LogP) is 0.0124. The summed E-state index contributed by atoms with van der Waals surface area (Å²) in [5, 5.41) is 0. The average molecular weight is 98.6 g/mol. The Balaban J connectivity index is 0. The molecular weight excluding hydrogens is 95.5 g/mol. The molecule has 0 heterocycles. The molecule has 0 atom stereocenters. The zero-order valence-corrected chi connectivity index (χ0v) is 3.47. The summed E-state index contributed by atoms with van der Waals surface area (Å²) in [5.74, 6) is 4.29. The van der Waals surface area contributed by atoms with Gasteiger partial charge in [0.05, 0.1) is 12.4 Å². The lowest BCUT2D eigenvalue weighted by molar-refractivity contribution is 1.30. The standard InChI is InChI=1S/ClH.H2N2S/c;1-2-3/h1H;(H2,1,3). The maximum atomic E-state index is 4.29. The van der Waals surface area contributed by atoms with E-state index in [4.69, 9.17) is 0 Å². The summed E-state index contributed by atoms with van der Waals surface area (Å²) in [7, 11) is 0. The lowest BCUT2D eigenvalue weighted by atomic mass is 13.0. The summed E-state index contributed by atoms with van der Waals surface area (Å²) < 4.78 is 2.58. The number of halogens is 1. The number of rotatable bonds is 0. The molecule has 0 rings (SSSR count). The van der Waals surface area contributed by atoms with Crippen molar-refractivity contribution >= 4 is 24.8 Å². The highest BCUT2D eigenvalue weighted by molar-refractivity contribution is 7.47. The van der Waals surface area contributed by atoms with Crippen LogP contribution < -0.4 is 5.84 Å². The van der Waals surface area contributed by atoms with Crippen molar-refractivity contribution in [3.8, 4) is 0 Å². The fraction of sp³-hybridized carbons (Fsp3) is 0. The number of nitrogens with zero attached hydrogens (tertiary/aromatic N) is 1. The molecule has 0 aromatic heterocycles. The van der Waals surface area contributed by atoms with Gasteiger partial charge < -0.3 is 5.84 Å². The van der Waals surface area contributed by atoms with Crippen LogP contribution in [0.3, 0.4) is 0 Å².